The number of Topliss-reactive ketones (excluding diaryl/α,β-unsaturated/α-hetero) is 1. The summed E-state index contributed by atoms with van der Waals surface area (Å²) < 4.78 is 0. The average molecular weight is 291 g/mol. The number of carboxylic acid groups (broad SMARTS) is 1. The van der Waals surface area contributed by atoms with Crippen molar-refractivity contribution in [2.75, 3.05) is 6.54 Å². The second-order valence-electron chi connectivity index (χ2n) is 6.30. The molecule has 0 saturated heterocycles. The molecule has 1 atom stereocenters. The van der Waals surface area contributed by atoms with Gasteiger partial charge in [0.15, 0.2) is 5.78 Å². The fraction of sp³-hybridized carbons (Fsp3) is 0.529. The highest BCUT2D eigenvalue weighted by Crippen LogP contribution is 2.22. The number of carboxylic acids is 1. The maximum Gasteiger partial charge on any atom is 0.305 e. The first kappa shape index (κ1) is 17.4. The third-order valence-corrected chi connectivity index (χ3v) is 3.37. The molecule has 0 aliphatic heterocycles. The van der Waals surface area contributed by atoms with Crippen LogP contribution in [0, 0.1) is 0 Å². The predicted molar refractivity (Wildman–Crippen MR) is 83.8 cm³/mol. The molecule has 116 valence electrons. The number of nitrogens with one attached hydrogen (secondary N) is 1. The van der Waals surface area contributed by atoms with Crippen LogP contribution in [0.15, 0.2) is 24.3 Å². The monoisotopic (exact) mass is 291 g/mol. The molecule has 0 aliphatic carbocycles. The molecule has 0 bridgehead atoms. The largest absolute Gasteiger partial charge is 0.481 e. The summed E-state index contributed by atoms with van der Waals surface area (Å²) in [7, 11) is 0. The molecule has 0 saturated carbocycles. The van der Waals surface area contributed by atoms with Gasteiger partial charge in [0.25, 0.3) is 0 Å². The van der Waals surface area contributed by atoms with Gasteiger partial charge >= 0.3 is 5.97 Å². The van der Waals surface area contributed by atoms with Gasteiger partial charge in [-0.2, -0.15) is 0 Å². The highest BCUT2D eigenvalue weighted by molar-refractivity contribution is 6.01. The molecule has 4 heteroatoms. The summed E-state index contributed by atoms with van der Waals surface area (Å²) in [4.78, 5) is 23.3. The lowest BCUT2D eigenvalue weighted by atomic mass is 9.86. The Morgan fingerprint density at radius 3 is 2.19 bits per heavy atom. The molecular formula is C17H25NO3. The molecule has 0 radical (unpaired) electrons. The molecule has 2 N–H and O–H groups in total. The normalized spacial score (nSPS) is 13.0. The van der Waals surface area contributed by atoms with Gasteiger partial charge in [0.05, 0.1) is 12.5 Å². The van der Waals surface area contributed by atoms with Crippen LogP contribution in [-0.2, 0) is 10.2 Å². The summed E-state index contributed by atoms with van der Waals surface area (Å²) >= 11 is 0. The summed E-state index contributed by atoms with van der Waals surface area (Å²) in [5.41, 5.74) is 1.73. The lowest BCUT2D eigenvalue weighted by Crippen LogP contribution is -2.39. The molecule has 0 aromatic heterocycles. The molecule has 0 aliphatic rings. The second kappa shape index (κ2) is 7.36. The zero-order valence-corrected chi connectivity index (χ0v) is 13.3. The minimum Gasteiger partial charge on any atom is -0.481 e. The van der Waals surface area contributed by atoms with Crippen molar-refractivity contribution in [3.63, 3.8) is 0 Å². The van der Waals surface area contributed by atoms with Crippen molar-refractivity contribution in [2.24, 2.45) is 0 Å². The Balaban J connectivity index is 2.90. The van der Waals surface area contributed by atoms with Gasteiger partial charge in [0, 0.05) is 5.56 Å². The number of carbonyl (C=O) groups is 2. The molecule has 1 aromatic carbocycles. The van der Waals surface area contributed by atoms with Crippen molar-refractivity contribution in [3.05, 3.63) is 35.4 Å². The van der Waals surface area contributed by atoms with E-state index in [0.717, 1.165) is 12.0 Å². The Kier molecular flexibility index (Phi) is 6.09. The number of aliphatic carboxylic acids is 1. The van der Waals surface area contributed by atoms with E-state index in [-0.39, 0.29) is 17.6 Å². The number of rotatable bonds is 7. The van der Waals surface area contributed by atoms with Gasteiger partial charge in [0.1, 0.15) is 0 Å². The Bertz CT molecular complexity index is 486. The Morgan fingerprint density at radius 2 is 1.76 bits per heavy atom. The van der Waals surface area contributed by atoms with E-state index in [4.69, 9.17) is 5.11 Å². The molecule has 1 unspecified atom stereocenters. The molecule has 0 spiro atoms. The van der Waals surface area contributed by atoms with Gasteiger partial charge in [0.2, 0.25) is 0 Å². The maximum absolute atomic E-state index is 12.4. The first-order valence-corrected chi connectivity index (χ1v) is 7.35. The van der Waals surface area contributed by atoms with Crippen molar-refractivity contribution < 1.29 is 14.7 Å². The van der Waals surface area contributed by atoms with Crippen LogP contribution in [0.1, 0.15) is 56.5 Å². The van der Waals surface area contributed by atoms with Crippen molar-refractivity contribution in [3.8, 4) is 0 Å². The molecule has 1 rings (SSSR count). The first-order valence-electron chi connectivity index (χ1n) is 7.35. The van der Waals surface area contributed by atoms with Gasteiger partial charge in [-0.3, -0.25) is 9.59 Å². The van der Waals surface area contributed by atoms with Crippen LogP contribution < -0.4 is 5.32 Å². The first-order chi connectivity index (χ1) is 9.75. The van der Waals surface area contributed by atoms with Crippen LogP contribution in [0.25, 0.3) is 0 Å². The summed E-state index contributed by atoms with van der Waals surface area (Å²) in [5.74, 6) is -1.13. The number of benzene rings is 1. The van der Waals surface area contributed by atoms with Gasteiger partial charge in [-0.05, 0) is 23.9 Å². The molecule has 0 fully saturated rings. The van der Waals surface area contributed by atoms with Crippen molar-refractivity contribution >= 4 is 11.8 Å². The Morgan fingerprint density at radius 1 is 1.19 bits per heavy atom. The topological polar surface area (TPSA) is 66.4 Å². The highest BCUT2D eigenvalue weighted by Gasteiger charge is 2.22. The van der Waals surface area contributed by atoms with Gasteiger partial charge < -0.3 is 10.4 Å². The fourth-order valence-electron chi connectivity index (χ4n) is 2.09. The Hall–Kier alpha value is -1.68. The van der Waals surface area contributed by atoms with Crippen molar-refractivity contribution in [1.82, 2.24) is 5.32 Å². The lowest BCUT2D eigenvalue weighted by molar-refractivity contribution is -0.137. The molecule has 1 aromatic rings. The van der Waals surface area contributed by atoms with Crippen LogP contribution in [0.5, 0.6) is 0 Å². The smallest absolute Gasteiger partial charge is 0.305 e. The van der Waals surface area contributed by atoms with E-state index < -0.39 is 12.0 Å². The van der Waals surface area contributed by atoms with E-state index in [0.29, 0.717) is 12.1 Å². The number of hydrogen-bond acceptors (Lipinski definition) is 3. The summed E-state index contributed by atoms with van der Waals surface area (Å²) in [6.07, 6.45) is 0.659. The Labute approximate surface area is 126 Å². The third-order valence-electron chi connectivity index (χ3n) is 3.37. The van der Waals surface area contributed by atoms with Gasteiger partial charge in [-0.1, -0.05) is 52.0 Å². The van der Waals surface area contributed by atoms with Crippen LogP contribution in [0.2, 0.25) is 0 Å². The van der Waals surface area contributed by atoms with E-state index in [1.807, 2.05) is 19.1 Å². The van der Waals surface area contributed by atoms with E-state index in [1.54, 1.807) is 12.1 Å². The zero-order chi connectivity index (χ0) is 16.0. The third kappa shape index (κ3) is 5.31. The quantitative estimate of drug-likeness (QED) is 0.758. The molecule has 0 heterocycles. The van der Waals surface area contributed by atoms with Gasteiger partial charge in [-0.25, -0.2) is 0 Å². The molecule has 21 heavy (non-hydrogen) atoms. The fourth-order valence-corrected chi connectivity index (χ4v) is 2.09. The van der Waals surface area contributed by atoms with Gasteiger partial charge in [-0.15, -0.1) is 0 Å². The van der Waals surface area contributed by atoms with Crippen LogP contribution in [-0.4, -0.2) is 29.4 Å². The predicted octanol–water partition coefficient (Wildman–Crippen LogP) is 3.01. The van der Waals surface area contributed by atoms with E-state index in [2.05, 4.69) is 26.1 Å². The van der Waals surface area contributed by atoms with E-state index >= 15 is 0 Å². The summed E-state index contributed by atoms with van der Waals surface area (Å²) in [6.45, 7) is 8.94. The van der Waals surface area contributed by atoms with Crippen molar-refractivity contribution in [1.29, 1.82) is 0 Å². The standard InChI is InChI=1S/C17H25NO3/c1-5-10-18-14(11-15(19)20)16(21)12-6-8-13(9-7-12)17(2,3)4/h6-9,14,18H,5,10-11H2,1-4H3,(H,19,20). The van der Waals surface area contributed by atoms with Crippen molar-refractivity contribution in [2.45, 2.75) is 52.0 Å². The number of hydrogen-bond donors (Lipinski definition) is 2. The minimum absolute atomic E-state index is 0.0303. The van der Waals surface area contributed by atoms with Crippen LogP contribution in [0.3, 0.4) is 0 Å². The number of carbonyl (C=O) groups excluding carboxylic acids is 1. The highest BCUT2D eigenvalue weighted by atomic mass is 16.4. The summed E-state index contributed by atoms with van der Waals surface area (Å²) in [6, 6.07) is 6.77. The molecule has 0 amide bonds. The zero-order valence-electron chi connectivity index (χ0n) is 13.3. The SMILES string of the molecule is CCCNC(CC(=O)O)C(=O)c1ccc(C(C)(C)C)cc1. The van der Waals surface area contributed by atoms with Crippen LogP contribution in [0.4, 0.5) is 0 Å². The minimum atomic E-state index is -0.969. The lowest BCUT2D eigenvalue weighted by Gasteiger charge is -2.20. The summed E-state index contributed by atoms with van der Waals surface area (Å²) in [5, 5.41) is 12.0. The second-order valence-corrected chi connectivity index (χ2v) is 6.30. The average Bonchev–Trinajstić information content (AvgIpc) is 2.41. The van der Waals surface area contributed by atoms with E-state index in [9.17, 15) is 9.59 Å². The molecular weight excluding hydrogens is 266 g/mol. The van der Waals surface area contributed by atoms with Crippen LogP contribution >= 0.6 is 0 Å². The van der Waals surface area contributed by atoms with E-state index in [1.165, 1.54) is 0 Å². The number of ketones is 1. The maximum atomic E-state index is 12.4. The molecule has 4 nitrogen and oxygen atoms in total.